The topological polar surface area (TPSA) is 44.8 Å². The minimum atomic E-state index is -0.600. The summed E-state index contributed by atoms with van der Waals surface area (Å²) >= 11 is 0. The van der Waals surface area contributed by atoms with E-state index in [-0.39, 0.29) is 11.3 Å². The van der Waals surface area contributed by atoms with Gasteiger partial charge in [-0.1, -0.05) is 110 Å². The summed E-state index contributed by atoms with van der Waals surface area (Å²) in [6, 6.07) is 11.3. The summed E-state index contributed by atoms with van der Waals surface area (Å²) in [5.41, 5.74) is 0.154. The first kappa shape index (κ1) is 33.9. The van der Waals surface area contributed by atoms with Crippen molar-refractivity contribution < 1.29 is 23.4 Å². The van der Waals surface area contributed by atoms with Crippen LogP contribution >= 0.6 is 0 Å². The van der Waals surface area contributed by atoms with Crippen molar-refractivity contribution in [1.29, 1.82) is 0 Å². The summed E-state index contributed by atoms with van der Waals surface area (Å²) < 4.78 is 31.5. The molecule has 4 nitrogen and oxygen atoms in total. The van der Waals surface area contributed by atoms with Gasteiger partial charge in [0.1, 0.15) is 11.5 Å². The summed E-state index contributed by atoms with van der Waals surface area (Å²) in [7, 11) is 0. The number of esters is 1. The Morgan fingerprint density at radius 1 is 0.690 bits per heavy atom. The van der Waals surface area contributed by atoms with E-state index in [0.29, 0.717) is 19.0 Å². The molecule has 3 rings (SSSR count). The Bertz CT molecular complexity index is 1010. The molecule has 1 saturated carbocycles. The number of hydrogen-bond acceptors (Lipinski definition) is 4. The van der Waals surface area contributed by atoms with Crippen molar-refractivity contribution >= 4 is 5.97 Å². The number of rotatable bonds is 21. The minimum Gasteiger partial charge on any atom is -0.494 e. The van der Waals surface area contributed by atoms with Crippen molar-refractivity contribution in [3.63, 3.8) is 0 Å². The van der Waals surface area contributed by atoms with Crippen LogP contribution in [0.3, 0.4) is 0 Å². The van der Waals surface area contributed by atoms with Crippen LogP contribution < -0.4 is 14.2 Å². The number of halogens is 1. The lowest BCUT2D eigenvalue weighted by Crippen LogP contribution is -2.20. The quantitative estimate of drug-likeness (QED) is 0.0834. The zero-order valence-corrected chi connectivity index (χ0v) is 26.3. The molecule has 2 aromatic carbocycles. The van der Waals surface area contributed by atoms with Crippen molar-refractivity contribution in [1.82, 2.24) is 0 Å². The third kappa shape index (κ3) is 12.8. The molecular formula is C37H55FO4. The fourth-order valence-electron chi connectivity index (χ4n) is 6.17. The molecule has 0 amide bonds. The van der Waals surface area contributed by atoms with E-state index in [4.69, 9.17) is 14.2 Å². The van der Waals surface area contributed by atoms with Gasteiger partial charge in [-0.25, -0.2) is 9.18 Å². The molecule has 0 saturated heterocycles. The molecule has 1 fully saturated rings. The van der Waals surface area contributed by atoms with Gasteiger partial charge in [-0.3, -0.25) is 0 Å². The molecule has 0 aromatic heterocycles. The van der Waals surface area contributed by atoms with Crippen LogP contribution in [0.25, 0.3) is 0 Å². The highest BCUT2D eigenvalue weighted by Crippen LogP contribution is 2.36. The van der Waals surface area contributed by atoms with Gasteiger partial charge >= 0.3 is 5.97 Å². The largest absolute Gasteiger partial charge is 0.494 e. The number of benzene rings is 2. The predicted molar refractivity (Wildman–Crippen MR) is 170 cm³/mol. The maximum Gasteiger partial charge on any atom is 0.343 e. The van der Waals surface area contributed by atoms with E-state index in [9.17, 15) is 9.18 Å². The second kappa shape index (κ2) is 20.4. The van der Waals surface area contributed by atoms with Gasteiger partial charge in [0.15, 0.2) is 11.6 Å². The van der Waals surface area contributed by atoms with Crippen molar-refractivity contribution in [3.05, 3.63) is 53.8 Å². The molecule has 2 aromatic rings. The highest BCUT2D eigenvalue weighted by molar-refractivity contribution is 5.91. The zero-order valence-electron chi connectivity index (χ0n) is 26.3. The van der Waals surface area contributed by atoms with Gasteiger partial charge in [-0.2, -0.15) is 0 Å². The Hall–Kier alpha value is -2.56. The van der Waals surface area contributed by atoms with Crippen molar-refractivity contribution in [2.24, 2.45) is 11.8 Å². The van der Waals surface area contributed by atoms with E-state index >= 15 is 0 Å². The molecule has 2 unspecified atom stereocenters. The molecule has 5 heteroatoms. The van der Waals surface area contributed by atoms with E-state index < -0.39 is 11.8 Å². The number of carbonyl (C=O) groups is 1. The minimum absolute atomic E-state index is 0.154. The molecule has 0 radical (unpaired) electrons. The molecule has 0 bridgehead atoms. The molecule has 234 valence electrons. The Kier molecular flexibility index (Phi) is 16.5. The summed E-state index contributed by atoms with van der Waals surface area (Å²) in [4.78, 5) is 12.6. The van der Waals surface area contributed by atoms with E-state index in [1.165, 1.54) is 108 Å². The van der Waals surface area contributed by atoms with Crippen LogP contribution in [-0.2, 0) is 0 Å². The monoisotopic (exact) mass is 582 g/mol. The number of hydrogen-bond donors (Lipinski definition) is 0. The first-order valence-corrected chi connectivity index (χ1v) is 17.0. The molecule has 0 aliphatic heterocycles. The average molecular weight is 583 g/mol. The fourth-order valence-corrected chi connectivity index (χ4v) is 6.17. The first-order valence-electron chi connectivity index (χ1n) is 17.0. The van der Waals surface area contributed by atoms with Gasteiger partial charge in [0, 0.05) is 0 Å². The average Bonchev–Trinajstić information content (AvgIpc) is 3.00. The molecule has 1 aliphatic carbocycles. The van der Waals surface area contributed by atoms with Crippen LogP contribution in [0.1, 0.15) is 140 Å². The van der Waals surface area contributed by atoms with E-state index in [1.807, 2.05) is 12.1 Å². The van der Waals surface area contributed by atoms with E-state index in [0.717, 1.165) is 36.8 Å². The van der Waals surface area contributed by atoms with Gasteiger partial charge in [0.05, 0.1) is 18.8 Å². The lowest BCUT2D eigenvalue weighted by Gasteiger charge is -2.31. The smallest absolute Gasteiger partial charge is 0.343 e. The highest BCUT2D eigenvalue weighted by atomic mass is 19.1. The molecule has 0 heterocycles. The molecule has 2 atom stereocenters. The summed E-state index contributed by atoms with van der Waals surface area (Å²) in [5, 5.41) is 0. The molecular weight excluding hydrogens is 527 g/mol. The predicted octanol–water partition coefficient (Wildman–Crippen LogP) is 11.1. The number of ether oxygens (including phenoxy) is 3. The molecule has 0 N–H and O–H groups in total. The van der Waals surface area contributed by atoms with Crippen LogP contribution in [0.15, 0.2) is 42.5 Å². The Balaban J connectivity index is 1.34. The van der Waals surface area contributed by atoms with E-state index in [2.05, 4.69) is 13.8 Å². The van der Waals surface area contributed by atoms with Crippen molar-refractivity contribution in [3.8, 4) is 17.2 Å². The lowest BCUT2D eigenvalue weighted by molar-refractivity contribution is 0.0734. The summed E-state index contributed by atoms with van der Waals surface area (Å²) in [5.74, 6) is 1.94. The van der Waals surface area contributed by atoms with Crippen LogP contribution in [0, 0.1) is 17.7 Å². The van der Waals surface area contributed by atoms with Crippen LogP contribution in [-0.4, -0.2) is 19.2 Å². The molecule has 1 aliphatic rings. The second-order valence-corrected chi connectivity index (χ2v) is 12.1. The Morgan fingerprint density at radius 2 is 1.26 bits per heavy atom. The zero-order chi connectivity index (χ0) is 29.8. The second-order valence-electron chi connectivity index (χ2n) is 12.1. The number of unbranched alkanes of at least 4 members (excludes halogenated alkanes) is 9. The van der Waals surface area contributed by atoms with Crippen molar-refractivity contribution in [2.45, 2.75) is 129 Å². The van der Waals surface area contributed by atoms with Gasteiger partial charge < -0.3 is 14.2 Å². The summed E-state index contributed by atoms with van der Waals surface area (Å²) in [6.07, 6.45) is 23.0. The maximum absolute atomic E-state index is 14.5. The fraction of sp³-hybridized carbons (Fsp3) is 0.649. The Labute approximate surface area is 254 Å². The normalized spacial score (nSPS) is 16.7. The lowest BCUT2D eigenvalue weighted by atomic mass is 9.74. The Morgan fingerprint density at radius 3 is 1.93 bits per heavy atom. The standard InChI is InChI=1S/C37H55FO4/c1-3-5-7-9-11-15-27-41-36-26-21-32(29-35(36)38)37(39)42-34-24-22-33(23-25-34)40-28-16-20-31-19-14-13-18-30(31)17-12-10-8-6-4-2/h21-26,29-31H,3-20,27-28H2,1-2H3. The SMILES string of the molecule is CCCCCCCCOc1ccc(C(=O)Oc2ccc(OCCCC3CCCCC3CCCCCCC)cc2)cc1F. The van der Waals surface area contributed by atoms with E-state index in [1.54, 1.807) is 18.2 Å². The van der Waals surface area contributed by atoms with Crippen LogP contribution in [0.2, 0.25) is 0 Å². The third-order valence-electron chi connectivity index (χ3n) is 8.69. The van der Waals surface area contributed by atoms with Gasteiger partial charge in [0.2, 0.25) is 0 Å². The molecule has 42 heavy (non-hydrogen) atoms. The molecule has 0 spiro atoms. The first-order chi connectivity index (χ1) is 20.6. The highest BCUT2D eigenvalue weighted by Gasteiger charge is 2.24. The van der Waals surface area contributed by atoms with Crippen LogP contribution in [0.5, 0.6) is 17.2 Å². The van der Waals surface area contributed by atoms with Crippen molar-refractivity contribution in [2.75, 3.05) is 13.2 Å². The third-order valence-corrected chi connectivity index (χ3v) is 8.69. The maximum atomic E-state index is 14.5. The van der Waals surface area contributed by atoms with Gasteiger partial charge in [0.25, 0.3) is 0 Å². The summed E-state index contributed by atoms with van der Waals surface area (Å²) in [6.45, 7) is 5.65. The van der Waals surface area contributed by atoms with Crippen LogP contribution in [0.4, 0.5) is 4.39 Å². The number of carbonyl (C=O) groups excluding carboxylic acids is 1. The van der Waals surface area contributed by atoms with Gasteiger partial charge in [-0.05, 0) is 73.6 Å². The van der Waals surface area contributed by atoms with Gasteiger partial charge in [-0.15, -0.1) is 0 Å².